The first-order valence-electron chi connectivity index (χ1n) is 8.83. The van der Waals surface area contributed by atoms with Crippen molar-refractivity contribution in [2.45, 2.75) is 38.4 Å². The van der Waals surface area contributed by atoms with Crippen LogP contribution >= 0.6 is 0 Å². The summed E-state index contributed by atoms with van der Waals surface area (Å²) in [5, 5.41) is 2.82. The molecule has 25 heavy (non-hydrogen) atoms. The highest BCUT2D eigenvalue weighted by atomic mass is 19.1. The Bertz CT molecular complexity index is 537. The number of carbonyl (C=O) groups is 1. The summed E-state index contributed by atoms with van der Waals surface area (Å²) in [4.78, 5) is 14.3. The lowest BCUT2D eigenvalue weighted by molar-refractivity contribution is -0.147. The molecule has 1 heterocycles. The van der Waals surface area contributed by atoms with Crippen LogP contribution in [0.3, 0.4) is 0 Å². The number of carbonyl (C=O) groups excluding carboxylic acids is 1. The van der Waals surface area contributed by atoms with E-state index in [1.807, 2.05) is 0 Å². The molecule has 0 radical (unpaired) electrons. The number of morpholine rings is 1. The van der Waals surface area contributed by atoms with Gasteiger partial charge in [-0.3, -0.25) is 4.79 Å². The van der Waals surface area contributed by atoms with E-state index in [-0.39, 0.29) is 6.42 Å². The summed E-state index contributed by atoms with van der Waals surface area (Å²) in [7, 11) is 1.64. The minimum Gasteiger partial charge on any atom is -0.464 e. The van der Waals surface area contributed by atoms with Crippen molar-refractivity contribution >= 4 is 11.7 Å². The molecule has 1 fully saturated rings. The van der Waals surface area contributed by atoms with E-state index in [1.54, 1.807) is 7.05 Å². The summed E-state index contributed by atoms with van der Waals surface area (Å²) < 4.78 is 24.4. The lowest BCUT2D eigenvalue weighted by atomic mass is 10.0. The summed E-state index contributed by atoms with van der Waals surface area (Å²) in [5.74, 6) is -0.404. The molecule has 1 saturated heterocycles. The topological polar surface area (TPSA) is 50.8 Å². The molecule has 2 rings (SSSR count). The molecule has 140 valence electrons. The zero-order valence-electron chi connectivity index (χ0n) is 15.4. The third-order valence-corrected chi connectivity index (χ3v) is 4.27. The highest BCUT2D eigenvalue weighted by Crippen LogP contribution is 2.18. The number of hydrogen-bond donors (Lipinski definition) is 1. The molecule has 1 aromatic rings. The number of halogens is 1. The second-order valence-electron chi connectivity index (χ2n) is 6.95. The van der Waals surface area contributed by atoms with Gasteiger partial charge >= 0.3 is 5.97 Å². The molecule has 0 aromatic heterocycles. The van der Waals surface area contributed by atoms with E-state index in [2.05, 4.69) is 34.5 Å². The van der Waals surface area contributed by atoms with Gasteiger partial charge in [0.2, 0.25) is 0 Å². The van der Waals surface area contributed by atoms with Gasteiger partial charge in [0, 0.05) is 31.6 Å². The number of nitrogens with zero attached hydrogens (tertiary/aromatic N) is 1. The Hall–Kier alpha value is -1.66. The van der Waals surface area contributed by atoms with Crippen LogP contribution in [0.25, 0.3) is 0 Å². The Morgan fingerprint density at radius 2 is 1.96 bits per heavy atom. The van der Waals surface area contributed by atoms with Gasteiger partial charge in [0.25, 0.3) is 0 Å². The maximum absolute atomic E-state index is 13.7. The molecule has 1 aromatic carbocycles. The number of nitrogens with one attached hydrogen (secondary N) is 1. The van der Waals surface area contributed by atoms with Crippen molar-refractivity contribution in [3.63, 3.8) is 0 Å². The molecule has 0 saturated carbocycles. The fourth-order valence-electron chi connectivity index (χ4n) is 2.85. The van der Waals surface area contributed by atoms with Crippen LogP contribution in [0.15, 0.2) is 24.3 Å². The maximum Gasteiger partial charge on any atom is 0.323 e. The van der Waals surface area contributed by atoms with Gasteiger partial charge < -0.3 is 19.7 Å². The van der Waals surface area contributed by atoms with E-state index in [1.165, 1.54) is 19.5 Å². The monoisotopic (exact) mass is 352 g/mol. The van der Waals surface area contributed by atoms with E-state index in [0.717, 1.165) is 31.9 Å². The third kappa shape index (κ3) is 6.63. The Labute approximate surface area is 149 Å². The Morgan fingerprint density at radius 1 is 1.32 bits per heavy atom. The quantitative estimate of drug-likeness (QED) is 0.728. The molecule has 0 amide bonds. The van der Waals surface area contributed by atoms with E-state index in [9.17, 15) is 9.18 Å². The van der Waals surface area contributed by atoms with Crippen LogP contribution in [0.4, 0.5) is 10.1 Å². The molecule has 5 nitrogen and oxygen atoms in total. The van der Waals surface area contributed by atoms with Gasteiger partial charge in [0.05, 0.1) is 19.8 Å². The largest absolute Gasteiger partial charge is 0.464 e. The van der Waals surface area contributed by atoms with Gasteiger partial charge in [-0.1, -0.05) is 12.1 Å². The first-order valence-corrected chi connectivity index (χ1v) is 8.83. The lowest BCUT2D eigenvalue weighted by Gasteiger charge is -2.28. The van der Waals surface area contributed by atoms with Crippen molar-refractivity contribution in [1.29, 1.82) is 0 Å². The van der Waals surface area contributed by atoms with E-state index in [4.69, 9.17) is 9.47 Å². The second kappa shape index (κ2) is 9.15. The Morgan fingerprint density at radius 3 is 2.52 bits per heavy atom. The molecule has 0 unspecified atom stereocenters. The molecule has 1 atom stereocenters. The number of esters is 1. The van der Waals surface area contributed by atoms with Crippen molar-refractivity contribution in [3.8, 4) is 0 Å². The average molecular weight is 352 g/mol. The first-order chi connectivity index (χ1) is 11.9. The highest BCUT2D eigenvalue weighted by molar-refractivity contribution is 5.75. The van der Waals surface area contributed by atoms with Gasteiger partial charge in [-0.05, 0) is 38.6 Å². The van der Waals surface area contributed by atoms with Crippen LogP contribution in [0.5, 0.6) is 0 Å². The predicted molar refractivity (Wildman–Crippen MR) is 96.8 cm³/mol. The maximum atomic E-state index is 13.7. The summed E-state index contributed by atoms with van der Waals surface area (Å²) in [6.07, 6.45) is 0.737. The number of benzene rings is 1. The molecule has 0 bridgehead atoms. The van der Waals surface area contributed by atoms with E-state index >= 15 is 0 Å². The summed E-state index contributed by atoms with van der Waals surface area (Å²) >= 11 is 0. The van der Waals surface area contributed by atoms with Crippen LogP contribution in [0.2, 0.25) is 0 Å². The zero-order chi connectivity index (χ0) is 18.3. The Balaban J connectivity index is 1.78. The fourth-order valence-corrected chi connectivity index (χ4v) is 2.85. The number of alkyl halides is 1. The van der Waals surface area contributed by atoms with Crippen LogP contribution in [-0.2, 0) is 20.7 Å². The fraction of sp³-hybridized carbons (Fsp3) is 0.632. The lowest BCUT2D eigenvalue weighted by Crippen LogP contribution is -2.40. The number of ether oxygens (including phenoxy) is 2. The highest BCUT2D eigenvalue weighted by Gasteiger charge is 2.27. The summed E-state index contributed by atoms with van der Waals surface area (Å²) in [6.45, 7) is 6.56. The molecule has 1 N–H and O–H groups in total. The van der Waals surface area contributed by atoms with Gasteiger partial charge in [-0.2, -0.15) is 0 Å². The molecule has 1 aliphatic rings. The molecule has 0 aliphatic carbocycles. The van der Waals surface area contributed by atoms with Crippen molar-refractivity contribution in [3.05, 3.63) is 29.8 Å². The van der Waals surface area contributed by atoms with E-state index < -0.39 is 17.7 Å². The molecule has 1 aliphatic heterocycles. The zero-order valence-corrected chi connectivity index (χ0v) is 15.4. The smallest absolute Gasteiger partial charge is 0.323 e. The minimum absolute atomic E-state index is 0.0938. The molecular weight excluding hydrogens is 323 g/mol. The van der Waals surface area contributed by atoms with Crippen molar-refractivity contribution in [1.82, 2.24) is 5.32 Å². The minimum atomic E-state index is -1.41. The number of hydrogen-bond acceptors (Lipinski definition) is 5. The standard InChI is InChI=1S/C19H29FN2O3/c1-19(2,20)14-17(21-3)18(23)25-11-8-15-4-6-16(7-5-15)22-9-12-24-13-10-22/h4-7,17,21H,8-14H2,1-3H3/t17-/m0/s1. The predicted octanol–water partition coefficient (Wildman–Crippen LogP) is 2.34. The van der Waals surface area contributed by atoms with Gasteiger partial charge in [-0.25, -0.2) is 4.39 Å². The second-order valence-corrected chi connectivity index (χ2v) is 6.95. The van der Waals surface area contributed by atoms with Gasteiger partial charge in [0.15, 0.2) is 0 Å². The average Bonchev–Trinajstić information content (AvgIpc) is 2.60. The number of anilines is 1. The number of likely N-dealkylation sites (N-methyl/N-ethyl adjacent to an activating group) is 1. The first kappa shape index (κ1) is 19.7. The van der Waals surface area contributed by atoms with Crippen LogP contribution < -0.4 is 10.2 Å². The number of rotatable bonds is 8. The molecular formula is C19H29FN2O3. The third-order valence-electron chi connectivity index (χ3n) is 4.27. The van der Waals surface area contributed by atoms with Crippen molar-refractivity contribution in [2.75, 3.05) is 44.9 Å². The van der Waals surface area contributed by atoms with Gasteiger partial charge in [-0.15, -0.1) is 0 Å². The normalized spacial score (nSPS) is 16.6. The Kier molecular flexibility index (Phi) is 7.20. The SMILES string of the molecule is CN[C@@H](CC(C)(C)F)C(=O)OCCc1ccc(N2CCOCC2)cc1. The van der Waals surface area contributed by atoms with E-state index in [0.29, 0.717) is 13.0 Å². The summed E-state index contributed by atoms with van der Waals surface area (Å²) in [5.41, 5.74) is 0.878. The summed E-state index contributed by atoms with van der Waals surface area (Å²) in [6, 6.07) is 7.66. The van der Waals surface area contributed by atoms with Crippen LogP contribution in [0, 0.1) is 0 Å². The van der Waals surface area contributed by atoms with Crippen molar-refractivity contribution in [2.24, 2.45) is 0 Å². The molecule has 0 spiro atoms. The van der Waals surface area contributed by atoms with Crippen LogP contribution in [0.1, 0.15) is 25.8 Å². The molecule has 6 heteroatoms. The van der Waals surface area contributed by atoms with Crippen LogP contribution in [-0.4, -0.2) is 57.6 Å². The van der Waals surface area contributed by atoms with Crippen molar-refractivity contribution < 1.29 is 18.7 Å². The van der Waals surface area contributed by atoms with Gasteiger partial charge in [0.1, 0.15) is 11.7 Å².